The van der Waals surface area contributed by atoms with Crippen molar-refractivity contribution in [3.8, 4) is 0 Å². The van der Waals surface area contributed by atoms with Crippen molar-refractivity contribution in [3.05, 3.63) is 30.1 Å². The molecule has 2 saturated heterocycles. The van der Waals surface area contributed by atoms with E-state index in [1.165, 1.54) is 81.4 Å². The second-order valence-corrected chi connectivity index (χ2v) is 11.6. The number of piperidine rings is 2. The van der Waals surface area contributed by atoms with Crippen LogP contribution in [0.15, 0.2) is 24.3 Å². The maximum atomic E-state index is 5.16. The van der Waals surface area contributed by atoms with Gasteiger partial charge in [-0.3, -0.25) is 0 Å². The molecule has 3 aliphatic carbocycles. The topological polar surface area (TPSA) is 33.1 Å². The van der Waals surface area contributed by atoms with Crippen molar-refractivity contribution < 1.29 is 0 Å². The molecule has 0 radical (unpaired) electrons. The molecule has 7 rings (SSSR count). The van der Waals surface area contributed by atoms with E-state index < -0.39 is 0 Å². The van der Waals surface area contributed by atoms with Gasteiger partial charge in [0.25, 0.3) is 0 Å². The normalized spacial score (nSPS) is 34.0. The number of imidazole rings is 1. The summed E-state index contributed by atoms with van der Waals surface area (Å²) in [7, 11) is 0. The molecule has 0 spiro atoms. The summed E-state index contributed by atoms with van der Waals surface area (Å²) in [5.41, 5.74) is 3.16. The summed E-state index contributed by atoms with van der Waals surface area (Å²) >= 11 is 0. The molecule has 1 aromatic carbocycles. The number of hydrogen-bond donors (Lipinski definition) is 1. The lowest BCUT2D eigenvalue weighted by Crippen LogP contribution is -2.55. The molecule has 3 heterocycles. The maximum absolute atomic E-state index is 5.16. The van der Waals surface area contributed by atoms with Crippen LogP contribution in [0.2, 0.25) is 0 Å². The summed E-state index contributed by atoms with van der Waals surface area (Å²) in [6, 6.07) is 9.44. The highest BCUT2D eigenvalue weighted by atomic mass is 15.2. The lowest BCUT2D eigenvalue weighted by molar-refractivity contribution is -0.112. The number of likely N-dealkylation sites (tertiary alicyclic amines) is 1. The Kier molecular flexibility index (Phi) is 5.14. The standard InChI is InChI=1S/C27H40N4/c1-27(2)21-10-9-20(23(27)16-21)18-30-14-11-22(12-15-30)31-25-8-4-3-7-24(25)29-26(31)19-6-5-13-28-17-19/h3-4,7-8,19-23,28H,5-6,9-18H2,1-2H3/t19-,20+,21+,23-/m1/s1. The third kappa shape index (κ3) is 3.45. The Morgan fingerprint density at radius 1 is 1.06 bits per heavy atom. The van der Waals surface area contributed by atoms with Crippen LogP contribution in [0.4, 0.5) is 0 Å². The number of nitrogens with zero attached hydrogens (tertiary/aromatic N) is 3. The van der Waals surface area contributed by atoms with Gasteiger partial charge in [0, 0.05) is 38.1 Å². The van der Waals surface area contributed by atoms with Crippen LogP contribution in [-0.2, 0) is 0 Å². The van der Waals surface area contributed by atoms with Gasteiger partial charge in [0.2, 0.25) is 0 Å². The minimum atomic E-state index is 0.565. The van der Waals surface area contributed by atoms with Gasteiger partial charge in [0.15, 0.2) is 0 Å². The monoisotopic (exact) mass is 420 g/mol. The zero-order valence-corrected chi connectivity index (χ0v) is 19.5. The Balaban J connectivity index is 1.17. The SMILES string of the molecule is CC1(C)[C@H]2CC[C@@H](CN3CCC(n4c([C@@H]5CCCNC5)nc5ccccc54)CC3)[C@H]1C2. The first-order valence-corrected chi connectivity index (χ1v) is 13.0. The Bertz CT molecular complexity index is 914. The van der Waals surface area contributed by atoms with Crippen LogP contribution >= 0.6 is 0 Å². The zero-order valence-electron chi connectivity index (χ0n) is 19.5. The number of aromatic nitrogens is 2. The highest BCUT2D eigenvalue weighted by molar-refractivity contribution is 5.76. The Morgan fingerprint density at radius 2 is 1.90 bits per heavy atom. The number of para-hydroxylation sites is 2. The van der Waals surface area contributed by atoms with Crippen molar-refractivity contribution in [3.63, 3.8) is 0 Å². The van der Waals surface area contributed by atoms with E-state index >= 15 is 0 Å². The number of fused-ring (bicyclic) bond motifs is 3. The van der Waals surface area contributed by atoms with Gasteiger partial charge in [-0.1, -0.05) is 26.0 Å². The molecular weight excluding hydrogens is 380 g/mol. The summed E-state index contributed by atoms with van der Waals surface area (Å²) < 4.78 is 2.66. The summed E-state index contributed by atoms with van der Waals surface area (Å²) in [6.07, 6.45) is 9.55. The molecule has 4 nitrogen and oxygen atoms in total. The molecule has 5 aliphatic rings. The minimum Gasteiger partial charge on any atom is -0.324 e. The predicted octanol–water partition coefficient (Wildman–Crippen LogP) is 5.21. The second-order valence-electron chi connectivity index (χ2n) is 11.6. The molecule has 2 bridgehead atoms. The van der Waals surface area contributed by atoms with E-state index in [4.69, 9.17) is 4.98 Å². The highest BCUT2D eigenvalue weighted by Crippen LogP contribution is 2.61. The largest absolute Gasteiger partial charge is 0.324 e. The number of hydrogen-bond acceptors (Lipinski definition) is 3. The number of rotatable bonds is 4. The fourth-order valence-electron chi connectivity index (χ4n) is 7.68. The van der Waals surface area contributed by atoms with Crippen molar-refractivity contribution in [1.29, 1.82) is 0 Å². The first kappa shape index (κ1) is 20.2. The molecule has 168 valence electrons. The molecule has 0 amide bonds. The van der Waals surface area contributed by atoms with Gasteiger partial charge in [-0.2, -0.15) is 0 Å². The van der Waals surface area contributed by atoms with E-state index in [0.29, 0.717) is 17.4 Å². The summed E-state index contributed by atoms with van der Waals surface area (Å²) in [6.45, 7) is 11.2. The lowest BCUT2D eigenvalue weighted by atomic mass is 9.45. The Morgan fingerprint density at radius 3 is 2.65 bits per heavy atom. The quantitative estimate of drug-likeness (QED) is 0.737. The van der Waals surface area contributed by atoms with Gasteiger partial charge < -0.3 is 14.8 Å². The number of nitrogens with one attached hydrogen (secondary N) is 1. The van der Waals surface area contributed by atoms with Crippen LogP contribution in [-0.4, -0.2) is 47.2 Å². The van der Waals surface area contributed by atoms with E-state index in [1.54, 1.807) is 0 Å². The Labute approximate surface area is 187 Å². The summed E-state index contributed by atoms with van der Waals surface area (Å²) in [5.74, 6) is 4.85. The van der Waals surface area contributed by atoms with Crippen LogP contribution < -0.4 is 5.32 Å². The molecule has 5 fully saturated rings. The third-order valence-electron chi connectivity index (χ3n) is 9.70. The van der Waals surface area contributed by atoms with Gasteiger partial charge >= 0.3 is 0 Å². The van der Waals surface area contributed by atoms with Crippen LogP contribution in [0.1, 0.15) is 76.6 Å². The average molecular weight is 421 g/mol. The maximum Gasteiger partial charge on any atom is 0.114 e. The minimum absolute atomic E-state index is 0.565. The van der Waals surface area contributed by atoms with Crippen molar-refractivity contribution in [2.75, 3.05) is 32.7 Å². The molecule has 1 aromatic heterocycles. The third-order valence-corrected chi connectivity index (χ3v) is 9.70. The van der Waals surface area contributed by atoms with Crippen LogP contribution in [0.25, 0.3) is 11.0 Å². The van der Waals surface area contributed by atoms with Crippen LogP contribution in [0, 0.1) is 23.2 Å². The predicted molar refractivity (Wildman–Crippen MR) is 127 cm³/mol. The van der Waals surface area contributed by atoms with Crippen molar-refractivity contribution in [2.24, 2.45) is 23.2 Å². The van der Waals surface area contributed by atoms with E-state index in [-0.39, 0.29) is 0 Å². The lowest BCUT2D eigenvalue weighted by Gasteiger charge is -2.61. The van der Waals surface area contributed by atoms with E-state index in [0.717, 1.165) is 30.8 Å². The first-order chi connectivity index (χ1) is 15.1. The molecule has 2 aliphatic heterocycles. The average Bonchev–Trinajstić information content (AvgIpc) is 3.20. The molecular formula is C27H40N4. The smallest absolute Gasteiger partial charge is 0.114 e. The zero-order chi connectivity index (χ0) is 21.0. The van der Waals surface area contributed by atoms with Gasteiger partial charge in [-0.15, -0.1) is 0 Å². The first-order valence-electron chi connectivity index (χ1n) is 13.0. The fraction of sp³-hybridized carbons (Fsp3) is 0.741. The molecule has 2 aromatic rings. The van der Waals surface area contributed by atoms with Gasteiger partial charge in [-0.05, 0) is 86.8 Å². The number of benzene rings is 1. The van der Waals surface area contributed by atoms with Crippen LogP contribution in [0.3, 0.4) is 0 Å². The van der Waals surface area contributed by atoms with Crippen molar-refractivity contribution in [1.82, 2.24) is 19.8 Å². The molecule has 1 N–H and O–H groups in total. The second kappa shape index (κ2) is 7.88. The summed E-state index contributed by atoms with van der Waals surface area (Å²) in [4.78, 5) is 7.97. The van der Waals surface area contributed by atoms with Crippen LogP contribution in [0.5, 0.6) is 0 Å². The van der Waals surface area contributed by atoms with E-state index in [2.05, 4.69) is 52.9 Å². The molecule has 31 heavy (non-hydrogen) atoms. The van der Waals surface area contributed by atoms with E-state index in [9.17, 15) is 0 Å². The highest BCUT2D eigenvalue weighted by Gasteiger charge is 2.54. The van der Waals surface area contributed by atoms with Gasteiger partial charge in [0.05, 0.1) is 11.0 Å². The summed E-state index contributed by atoms with van der Waals surface area (Å²) in [5, 5.41) is 3.61. The van der Waals surface area contributed by atoms with Gasteiger partial charge in [0.1, 0.15) is 5.82 Å². The fourth-order valence-corrected chi connectivity index (χ4v) is 7.68. The molecule has 4 heteroatoms. The van der Waals surface area contributed by atoms with Crippen molar-refractivity contribution in [2.45, 2.75) is 70.8 Å². The molecule has 0 unspecified atom stereocenters. The molecule has 3 saturated carbocycles. The molecule has 4 atom stereocenters. The van der Waals surface area contributed by atoms with E-state index in [1.807, 2.05) is 0 Å². The Hall–Kier alpha value is -1.39. The van der Waals surface area contributed by atoms with Crippen molar-refractivity contribution >= 4 is 11.0 Å². The van der Waals surface area contributed by atoms with Gasteiger partial charge in [-0.25, -0.2) is 4.98 Å².